The van der Waals surface area contributed by atoms with Crippen LogP contribution in [0.15, 0.2) is 55.0 Å². The summed E-state index contributed by atoms with van der Waals surface area (Å²) >= 11 is 0. The van der Waals surface area contributed by atoms with Gasteiger partial charge in [0.1, 0.15) is 11.6 Å². The van der Waals surface area contributed by atoms with E-state index in [1.54, 1.807) is 24.5 Å². The van der Waals surface area contributed by atoms with Gasteiger partial charge in [0, 0.05) is 30.2 Å². The molecule has 0 aliphatic heterocycles. The second kappa shape index (κ2) is 8.06. The molecule has 0 bridgehead atoms. The first-order valence-electron chi connectivity index (χ1n) is 7.98. The molecular weight excluding hydrogens is 332 g/mol. The Morgan fingerprint density at radius 3 is 2.65 bits per heavy atom. The molecular formula is C19H18N4O3. The summed E-state index contributed by atoms with van der Waals surface area (Å²) in [6, 6.07) is 10.8. The highest BCUT2D eigenvalue weighted by atomic mass is 16.5. The molecule has 26 heavy (non-hydrogen) atoms. The lowest BCUT2D eigenvalue weighted by molar-refractivity contribution is 0.0600. The fourth-order valence-corrected chi connectivity index (χ4v) is 2.20. The number of rotatable bonds is 6. The quantitative estimate of drug-likeness (QED) is 0.682. The van der Waals surface area contributed by atoms with Gasteiger partial charge in [0.25, 0.3) is 0 Å². The van der Waals surface area contributed by atoms with E-state index < -0.39 is 5.97 Å². The molecule has 1 N–H and O–H groups in total. The topological polar surface area (TPSA) is 86.2 Å². The highest BCUT2D eigenvalue weighted by Crippen LogP contribution is 2.23. The van der Waals surface area contributed by atoms with Crippen LogP contribution in [-0.4, -0.2) is 28.0 Å². The SMILES string of the molecule is COC(=O)c1ccc(NCc2cccnc2Oc2ccc(C)nc2)nc1. The molecule has 3 rings (SSSR count). The van der Waals surface area contributed by atoms with Crippen molar-refractivity contribution in [2.75, 3.05) is 12.4 Å². The van der Waals surface area contributed by atoms with Crippen LogP contribution in [0.2, 0.25) is 0 Å². The third-order valence-corrected chi connectivity index (χ3v) is 3.59. The van der Waals surface area contributed by atoms with Gasteiger partial charge in [-0.1, -0.05) is 6.07 Å². The number of nitrogens with one attached hydrogen (secondary N) is 1. The number of aryl methyl sites for hydroxylation is 1. The Bertz CT molecular complexity index is 880. The highest BCUT2D eigenvalue weighted by Gasteiger charge is 2.08. The van der Waals surface area contributed by atoms with E-state index in [0.717, 1.165) is 11.3 Å². The molecule has 0 saturated carbocycles. The van der Waals surface area contributed by atoms with Crippen LogP contribution < -0.4 is 10.1 Å². The highest BCUT2D eigenvalue weighted by molar-refractivity contribution is 5.89. The molecule has 0 spiro atoms. The zero-order valence-corrected chi connectivity index (χ0v) is 14.5. The minimum Gasteiger partial charge on any atom is -0.465 e. The predicted molar refractivity (Wildman–Crippen MR) is 96.2 cm³/mol. The van der Waals surface area contributed by atoms with Crippen molar-refractivity contribution in [3.63, 3.8) is 0 Å². The van der Waals surface area contributed by atoms with E-state index in [1.807, 2.05) is 31.2 Å². The molecule has 3 heterocycles. The summed E-state index contributed by atoms with van der Waals surface area (Å²) in [6.07, 6.45) is 4.80. The number of nitrogens with zero attached hydrogens (tertiary/aromatic N) is 3. The molecule has 0 aliphatic carbocycles. The maximum atomic E-state index is 11.4. The van der Waals surface area contributed by atoms with Gasteiger partial charge >= 0.3 is 5.97 Å². The molecule has 0 radical (unpaired) electrons. The third-order valence-electron chi connectivity index (χ3n) is 3.59. The average molecular weight is 350 g/mol. The van der Waals surface area contributed by atoms with Crippen molar-refractivity contribution in [3.8, 4) is 11.6 Å². The van der Waals surface area contributed by atoms with E-state index in [0.29, 0.717) is 29.6 Å². The average Bonchev–Trinajstić information content (AvgIpc) is 2.69. The smallest absolute Gasteiger partial charge is 0.339 e. The van der Waals surface area contributed by atoms with Gasteiger partial charge in [-0.05, 0) is 37.3 Å². The zero-order valence-electron chi connectivity index (χ0n) is 14.5. The Morgan fingerprint density at radius 1 is 1.08 bits per heavy atom. The number of esters is 1. The van der Waals surface area contributed by atoms with Crippen LogP contribution in [0.4, 0.5) is 5.82 Å². The second-order valence-corrected chi connectivity index (χ2v) is 5.48. The van der Waals surface area contributed by atoms with E-state index in [2.05, 4.69) is 25.0 Å². The lowest BCUT2D eigenvalue weighted by atomic mass is 10.2. The van der Waals surface area contributed by atoms with E-state index in [4.69, 9.17) is 4.74 Å². The van der Waals surface area contributed by atoms with Crippen LogP contribution in [0.5, 0.6) is 11.6 Å². The normalized spacial score (nSPS) is 10.2. The van der Waals surface area contributed by atoms with E-state index in [9.17, 15) is 4.79 Å². The summed E-state index contributed by atoms with van der Waals surface area (Å²) in [7, 11) is 1.34. The lowest BCUT2D eigenvalue weighted by Crippen LogP contribution is -2.06. The van der Waals surface area contributed by atoms with Crippen LogP contribution in [0.25, 0.3) is 0 Å². The number of carbonyl (C=O) groups is 1. The van der Waals surface area contributed by atoms with Crippen molar-refractivity contribution in [1.82, 2.24) is 15.0 Å². The fraction of sp³-hybridized carbons (Fsp3) is 0.158. The minimum atomic E-state index is -0.418. The summed E-state index contributed by atoms with van der Waals surface area (Å²) < 4.78 is 10.5. The Kier molecular flexibility index (Phi) is 5.38. The molecule has 7 nitrogen and oxygen atoms in total. The monoisotopic (exact) mass is 350 g/mol. The van der Waals surface area contributed by atoms with Gasteiger partial charge in [-0.25, -0.2) is 14.8 Å². The van der Waals surface area contributed by atoms with Crippen molar-refractivity contribution in [3.05, 3.63) is 71.8 Å². The Balaban J connectivity index is 1.68. The first-order chi connectivity index (χ1) is 12.7. The molecule has 0 amide bonds. The van der Waals surface area contributed by atoms with Crippen molar-refractivity contribution in [2.24, 2.45) is 0 Å². The standard InChI is InChI=1S/C19H18N4O3/c1-13-5-7-16(12-21-13)26-18-14(4-3-9-20-18)10-22-17-8-6-15(11-23-17)19(24)25-2/h3-9,11-12H,10H2,1-2H3,(H,22,23). The van der Waals surface area contributed by atoms with Crippen LogP contribution in [0, 0.1) is 6.92 Å². The van der Waals surface area contributed by atoms with Gasteiger partial charge in [-0.3, -0.25) is 4.98 Å². The molecule has 0 fully saturated rings. The molecule has 0 aromatic carbocycles. The van der Waals surface area contributed by atoms with Crippen molar-refractivity contribution >= 4 is 11.8 Å². The molecule has 0 aliphatic rings. The second-order valence-electron chi connectivity index (χ2n) is 5.48. The number of hydrogen-bond donors (Lipinski definition) is 1. The van der Waals surface area contributed by atoms with Gasteiger partial charge in [-0.2, -0.15) is 0 Å². The van der Waals surface area contributed by atoms with Gasteiger partial charge in [0.05, 0.1) is 18.9 Å². The molecule has 132 valence electrons. The number of ether oxygens (including phenoxy) is 2. The van der Waals surface area contributed by atoms with Gasteiger partial charge < -0.3 is 14.8 Å². The van der Waals surface area contributed by atoms with Gasteiger partial charge in [0.2, 0.25) is 5.88 Å². The lowest BCUT2D eigenvalue weighted by Gasteiger charge is -2.11. The summed E-state index contributed by atoms with van der Waals surface area (Å²) in [5.74, 6) is 1.33. The van der Waals surface area contributed by atoms with Crippen LogP contribution in [0.1, 0.15) is 21.6 Å². The van der Waals surface area contributed by atoms with E-state index >= 15 is 0 Å². The molecule has 0 unspecified atom stereocenters. The van der Waals surface area contributed by atoms with Crippen molar-refractivity contribution in [2.45, 2.75) is 13.5 Å². The molecule has 7 heteroatoms. The summed E-state index contributed by atoms with van der Waals surface area (Å²) in [6.45, 7) is 2.38. The maximum Gasteiger partial charge on any atom is 0.339 e. The molecule has 0 atom stereocenters. The van der Waals surface area contributed by atoms with E-state index in [1.165, 1.54) is 13.3 Å². The number of methoxy groups -OCH3 is 1. The summed E-state index contributed by atoms with van der Waals surface area (Å²) in [5, 5.41) is 3.18. The Hall–Kier alpha value is -3.48. The summed E-state index contributed by atoms with van der Waals surface area (Å²) in [5.41, 5.74) is 2.18. The summed E-state index contributed by atoms with van der Waals surface area (Å²) in [4.78, 5) is 24.1. The first kappa shape index (κ1) is 17.3. The molecule has 3 aromatic rings. The van der Waals surface area contributed by atoms with Crippen LogP contribution in [-0.2, 0) is 11.3 Å². The van der Waals surface area contributed by atoms with Crippen molar-refractivity contribution in [1.29, 1.82) is 0 Å². The first-order valence-corrected chi connectivity index (χ1v) is 7.98. The third kappa shape index (κ3) is 4.32. The van der Waals surface area contributed by atoms with Crippen molar-refractivity contribution < 1.29 is 14.3 Å². The molecule has 3 aromatic heterocycles. The zero-order chi connectivity index (χ0) is 18.4. The predicted octanol–water partition coefficient (Wildman–Crippen LogP) is 3.37. The largest absolute Gasteiger partial charge is 0.465 e. The van der Waals surface area contributed by atoms with Crippen LogP contribution >= 0.6 is 0 Å². The number of pyridine rings is 3. The molecule has 0 saturated heterocycles. The minimum absolute atomic E-state index is 0.398. The number of anilines is 1. The number of carbonyl (C=O) groups excluding carboxylic acids is 1. The maximum absolute atomic E-state index is 11.4. The fourth-order valence-electron chi connectivity index (χ4n) is 2.20. The van der Waals surface area contributed by atoms with Gasteiger partial charge in [-0.15, -0.1) is 0 Å². The number of hydrogen-bond acceptors (Lipinski definition) is 7. The van der Waals surface area contributed by atoms with Crippen LogP contribution in [0.3, 0.4) is 0 Å². The Morgan fingerprint density at radius 2 is 1.96 bits per heavy atom. The number of aromatic nitrogens is 3. The Labute approximate surface area is 151 Å². The van der Waals surface area contributed by atoms with E-state index in [-0.39, 0.29) is 0 Å². The van der Waals surface area contributed by atoms with Gasteiger partial charge in [0.15, 0.2) is 0 Å².